The molecule has 0 saturated carbocycles. The Labute approximate surface area is 298 Å². The Bertz CT molecular complexity index is 2720. The molecule has 1 aliphatic rings. The molecule has 9 aromatic rings. The van der Waals surface area contributed by atoms with Crippen molar-refractivity contribution in [3.8, 4) is 50.2 Å². The first-order valence-electron chi connectivity index (χ1n) is 17.9. The number of nitrogens with zero attached hydrogens (tertiary/aromatic N) is 1. The van der Waals surface area contributed by atoms with E-state index < -0.39 is 0 Å². The molecule has 0 spiro atoms. The summed E-state index contributed by atoms with van der Waals surface area (Å²) in [7, 11) is 0. The van der Waals surface area contributed by atoms with Crippen molar-refractivity contribution in [2.45, 2.75) is 12.3 Å². The van der Waals surface area contributed by atoms with Crippen molar-refractivity contribution in [1.82, 2.24) is 4.57 Å². The van der Waals surface area contributed by atoms with E-state index in [1.807, 2.05) is 0 Å². The highest BCUT2D eigenvalue weighted by Gasteiger charge is 2.26. The van der Waals surface area contributed by atoms with E-state index in [1.54, 1.807) is 0 Å². The zero-order chi connectivity index (χ0) is 33.7. The summed E-state index contributed by atoms with van der Waals surface area (Å²) in [6.45, 7) is 0. The topological polar surface area (TPSA) is 4.93 Å². The van der Waals surface area contributed by atoms with Gasteiger partial charge in [-0.3, -0.25) is 0 Å². The van der Waals surface area contributed by atoms with E-state index in [1.165, 1.54) is 88.7 Å². The van der Waals surface area contributed by atoms with Crippen molar-refractivity contribution in [3.63, 3.8) is 0 Å². The molecule has 8 aromatic carbocycles. The van der Waals surface area contributed by atoms with Crippen molar-refractivity contribution in [2.24, 2.45) is 0 Å². The molecular weight excluding hydrogens is 615 g/mol. The van der Waals surface area contributed by atoms with Crippen LogP contribution in [0.25, 0.3) is 72.0 Å². The predicted molar refractivity (Wildman–Crippen MR) is 215 cm³/mol. The first-order chi connectivity index (χ1) is 25.3. The van der Waals surface area contributed by atoms with Crippen LogP contribution in [0.15, 0.2) is 194 Å². The van der Waals surface area contributed by atoms with Crippen molar-refractivity contribution < 1.29 is 0 Å². The molecule has 1 aromatic heterocycles. The van der Waals surface area contributed by atoms with Crippen LogP contribution in [-0.2, 0) is 6.42 Å². The average Bonchev–Trinajstić information content (AvgIpc) is 3.55. The smallest absolute Gasteiger partial charge is 0.0541 e. The molecule has 0 radical (unpaired) electrons. The second kappa shape index (κ2) is 12.2. The minimum absolute atomic E-state index is 0.291. The van der Waals surface area contributed by atoms with E-state index >= 15 is 0 Å². The monoisotopic (exact) mass is 649 g/mol. The number of fused-ring (bicyclic) bond motifs is 6. The van der Waals surface area contributed by atoms with E-state index in [2.05, 4.69) is 199 Å². The van der Waals surface area contributed by atoms with Gasteiger partial charge in [-0.15, -0.1) is 0 Å². The fourth-order valence-electron chi connectivity index (χ4n) is 8.31. The quantitative estimate of drug-likeness (QED) is 0.175. The van der Waals surface area contributed by atoms with Gasteiger partial charge in [0.1, 0.15) is 0 Å². The maximum Gasteiger partial charge on any atom is 0.0541 e. The molecule has 1 atom stereocenters. The van der Waals surface area contributed by atoms with Gasteiger partial charge in [0.2, 0.25) is 0 Å². The molecule has 1 heterocycles. The van der Waals surface area contributed by atoms with Gasteiger partial charge in [0, 0.05) is 22.4 Å². The van der Waals surface area contributed by atoms with E-state index in [0.717, 1.165) is 6.42 Å². The van der Waals surface area contributed by atoms with Gasteiger partial charge in [0.15, 0.2) is 0 Å². The number of aromatic nitrogens is 1. The lowest BCUT2D eigenvalue weighted by molar-refractivity contribution is 0.794. The zero-order valence-electron chi connectivity index (χ0n) is 28.2. The summed E-state index contributed by atoms with van der Waals surface area (Å²) < 4.78 is 2.41. The number of para-hydroxylation sites is 1. The maximum atomic E-state index is 2.44. The van der Waals surface area contributed by atoms with Crippen LogP contribution >= 0.6 is 0 Å². The van der Waals surface area contributed by atoms with Crippen LogP contribution in [0.2, 0.25) is 0 Å². The van der Waals surface area contributed by atoms with Crippen LogP contribution in [0.5, 0.6) is 0 Å². The Kier molecular flexibility index (Phi) is 7.03. The van der Waals surface area contributed by atoms with Crippen LogP contribution in [0.4, 0.5) is 0 Å². The van der Waals surface area contributed by atoms with Crippen LogP contribution in [0.1, 0.15) is 22.6 Å². The third-order valence-electron chi connectivity index (χ3n) is 10.8. The Morgan fingerprint density at radius 1 is 0.373 bits per heavy atom. The third-order valence-corrected chi connectivity index (χ3v) is 10.8. The van der Waals surface area contributed by atoms with Gasteiger partial charge in [-0.05, 0) is 104 Å². The summed E-state index contributed by atoms with van der Waals surface area (Å²) >= 11 is 0. The fraction of sp³-hybridized carbons (Fsp3) is 0.0400. The highest BCUT2D eigenvalue weighted by molar-refractivity contribution is 6.10. The molecule has 0 N–H and O–H groups in total. The summed E-state index contributed by atoms with van der Waals surface area (Å²) in [6.07, 6.45) is 0.998. The molecule has 10 rings (SSSR count). The molecule has 1 aliphatic carbocycles. The summed E-state index contributed by atoms with van der Waals surface area (Å²) in [4.78, 5) is 0. The summed E-state index contributed by atoms with van der Waals surface area (Å²) in [5.74, 6) is 0.291. The molecule has 0 bridgehead atoms. The lowest BCUT2D eigenvalue weighted by Gasteiger charge is -2.29. The molecule has 0 fully saturated rings. The normalized spacial score (nSPS) is 13.6. The lowest BCUT2D eigenvalue weighted by atomic mass is 9.74. The molecule has 0 amide bonds. The Morgan fingerprint density at radius 2 is 0.980 bits per heavy atom. The van der Waals surface area contributed by atoms with E-state index in [9.17, 15) is 0 Å². The SMILES string of the molecule is c1ccc(-c2cccc(C3Cc4ccccc4-c4cc(-c5ccc6c(c5)c5ccccc5n6-c5cccc(-c6ccccc6)c5)ccc43)c2)cc1. The molecule has 1 unspecified atom stereocenters. The first kappa shape index (κ1) is 29.5. The van der Waals surface area contributed by atoms with Crippen molar-refractivity contribution in [2.75, 3.05) is 0 Å². The van der Waals surface area contributed by atoms with E-state index in [-0.39, 0.29) is 0 Å². The maximum absolute atomic E-state index is 2.44. The largest absolute Gasteiger partial charge is 0.309 e. The minimum Gasteiger partial charge on any atom is -0.309 e. The Morgan fingerprint density at radius 3 is 1.80 bits per heavy atom. The number of rotatable bonds is 5. The second-order valence-electron chi connectivity index (χ2n) is 13.7. The zero-order valence-corrected chi connectivity index (χ0v) is 28.2. The van der Waals surface area contributed by atoms with Gasteiger partial charge in [0.25, 0.3) is 0 Å². The third kappa shape index (κ3) is 5.09. The number of hydrogen-bond donors (Lipinski definition) is 0. The minimum atomic E-state index is 0.291. The molecule has 240 valence electrons. The van der Waals surface area contributed by atoms with Crippen LogP contribution in [0.3, 0.4) is 0 Å². The van der Waals surface area contributed by atoms with Gasteiger partial charge in [-0.25, -0.2) is 0 Å². The number of hydrogen-bond acceptors (Lipinski definition) is 0. The summed E-state index contributed by atoms with van der Waals surface area (Å²) in [6, 6.07) is 71.4. The van der Waals surface area contributed by atoms with E-state index in [4.69, 9.17) is 0 Å². The Hall–Kier alpha value is -6.44. The van der Waals surface area contributed by atoms with Gasteiger partial charge in [0.05, 0.1) is 11.0 Å². The average molecular weight is 650 g/mol. The van der Waals surface area contributed by atoms with Crippen molar-refractivity contribution >= 4 is 21.8 Å². The molecule has 1 nitrogen and oxygen atoms in total. The van der Waals surface area contributed by atoms with Gasteiger partial charge < -0.3 is 4.57 Å². The standard InChI is InChI=1S/C50H35N/c1-3-13-34(14-4-1)36-18-11-20-40(29-36)46-33-41-17-7-8-22-43(41)47-31-38(25-27-44(46)47)39-26-28-50-48(32-39)45-23-9-10-24-49(45)51(50)42-21-12-19-37(30-42)35-15-5-2-6-16-35/h1-32,46H,33H2. The van der Waals surface area contributed by atoms with Crippen molar-refractivity contribution in [3.05, 3.63) is 211 Å². The first-order valence-corrected chi connectivity index (χ1v) is 17.9. The fourth-order valence-corrected chi connectivity index (χ4v) is 8.31. The molecule has 1 heteroatoms. The number of benzene rings is 8. The van der Waals surface area contributed by atoms with Gasteiger partial charge >= 0.3 is 0 Å². The van der Waals surface area contributed by atoms with Crippen LogP contribution in [-0.4, -0.2) is 4.57 Å². The Balaban J connectivity index is 1.09. The molecule has 51 heavy (non-hydrogen) atoms. The summed E-state index contributed by atoms with van der Waals surface area (Å²) in [5, 5.41) is 2.53. The molecule has 0 saturated heterocycles. The van der Waals surface area contributed by atoms with E-state index in [0.29, 0.717) is 5.92 Å². The van der Waals surface area contributed by atoms with Gasteiger partial charge in [-0.1, -0.05) is 158 Å². The molecular formula is C50H35N. The van der Waals surface area contributed by atoms with Crippen molar-refractivity contribution in [1.29, 1.82) is 0 Å². The highest BCUT2D eigenvalue weighted by Crippen LogP contribution is 2.45. The van der Waals surface area contributed by atoms with Gasteiger partial charge in [-0.2, -0.15) is 0 Å². The molecule has 0 aliphatic heterocycles. The summed E-state index contributed by atoms with van der Waals surface area (Å²) in [5.41, 5.74) is 17.9. The van der Waals surface area contributed by atoms with Crippen LogP contribution in [0, 0.1) is 0 Å². The second-order valence-corrected chi connectivity index (χ2v) is 13.7. The lowest BCUT2D eigenvalue weighted by Crippen LogP contribution is -2.13. The van der Waals surface area contributed by atoms with Crippen LogP contribution < -0.4 is 0 Å². The highest BCUT2D eigenvalue weighted by atomic mass is 15.0. The predicted octanol–water partition coefficient (Wildman–Crippen LogP) is 13.1.